The Morgan fingerprint density at radius 1 is 0.923 bits per heavy atom. The highest BCUT2D eigenvalue weighted by Gasteiger charge is 2.33. The Morgan fingerprint density at radius 2 is 1.38 bits per heavy atom. The lowest BCUT2D eigenvalue weighted by atomic mass is 9.97. The molecule has 0 aliphatic rings. The van der Waals surface area contributed by atoms with Gasteiger partial charge in [-0.3, -0.25) is 0 Å². The van der Waals surface area contributed by atoms with Crippen LogP contribution < -0.4 is 0 Å². The highest BCUT2D eigenvalue weighted by Crippen LogP contribution is 2.29. The standard InChI is InChI=1S/C22H44O2Si2/c1-10-17-22(24-26(14-5,15-6)16-7)18-20(8)21(9)19-23-25(11-2,12-3)13-4/h1,21-22H,8,11-19H2,2-7,9H3/t21-,22+/m0/s1. The van der Waals surface area contributed by atoms with Crippen molar-refractivity contribution in [2.75, 3.05) is 6.61 Å². The van der Waals surface area contributed by atoms with Crippen molar-refractivity contribution in [2.45, 2.75) is 104 Å². The van der Waals surface area contributed by atoms with E-state index in [-0.39, 0.29) is 6.10 Å². The zero-order valence-electron chi connectivity index (χ0n) is 18.6. The molecule has 0 saturated heterocycles. The first-order valence-electron chi connectivity index (χ1n) is 10.7. The smallest absolute Gasteiger partial charge is 0.192 e. The second kappa shape index (κ2) is 12.9. The van der Waals surface area contributed by atoms with Crippen molar-refractivity contribution in [3.8, 4) is 12.3 Å². The average Bonchev–Trinajstić information content (AvgIpc) is 2.67. The van der Waals surface area contributed by atoms with Gasteiger partial charge in [0.2, 0.25) is 0 Å². The summed E-state index contributed by atoms with van der Waals surface area (Å²) in [5.41, 5.74) is 1.22. The molecular formula is C22H44O2Si2. The van der Waals surface area contributed by atoms with Gasteiger partial charge >= 0.3 is 0 Å². The first-order valence-corrected chi connectivity index (χ1v) is 15.8. The van der Waals surface area contributed by atoms with Gasteiger partial charge in [-0.2, -0.15) is 0 Å². The van der Waals surface area contributed by atoms with Crippen LogP contribution in [0.1, 0.15) is 61.3 Å². The maximum atomic E-state index is 6.66. The fraction of sp³-hybridized carbons (Fsp3) is 0.818. The Bertz CT molecular complexity index is 417. The van der Waals surface area contributed by atoms with Crippen LogP contribution in [0.4, 0.5) is 0 Å². The van der Waals surface area contributed by atoms with Gasteiger partial charge in [-0.15, -0.1) is 12.3 Å². The van der Waals surface area contributed by atoms with Crippen LogP contribution in [0.25, 0.3) is 0 Å². The van der Waals surface area contributed by atoms with Crippen LogP contribution in [-0.2, 0) is 8.85 Å². The fourth-order valence-corrected chi connectivity index (χ4v) is 9.20. The summed E-state index contributed by atoms with van der Waals surface area (Å²) in [4.78, 5) is 0. The van der Waals surface area contributed by atoms with Crippen LogP contribution in [0.15, 0.2) is 12.2 Å². The highest BCUT2D eigenvalue weighted by molar-refractivity contribution is 6.74. The van der Waals surface area contributed by atoms with E-state index in [2.05, 4.69) is 61.0 Å². The van der Waals surface area contributed by atoms with Crippen molar-refractivity contribution < 1.29 is 8.85 Å². The van der Waals surface area contributed by atoms with E-state index in [9.17, 15) is 0 Å². The van der Waals surface area contributed by atoms with Crippen LogP contribution in [0.2, 0.25) is 36.3 Å². The van der Waals surface area contributed by atoms with Gasteiger partial charge in [0.25, 0.3) is 0 Å². The predicted octanol–water partition coefficient (Wildman–Crippen LogP) is 7.00. The minimum atomic E-state index is -1.65. The predicted molar refractivity (Wildman–Crippen MR) is 122 cm³/mol. The Balaban J connectivity index is 4.87. The van der Waals surface area contributed by atoms with Crippen molar-refractivity contribution in [1.82, 2.24) is 0 Å². The zero-order chi connectivity index (χ0) is 20.2. The van der Waals surface area contributed by atoms with Crippen molar-refractivity contribution in [3.63, 3.8) is 0 Å². The lowest BCUT2D eigenvalue weighted by Crippen LogP contribution is -2.40. The first kappa shape index (κ1) is 25.7. The van der Waals surface area contributed by atoms with E-state index in [0.29, 0.717) is 12.3 Å². The molecule has 0 N–H and O–H groups in total. The van der Waals surface area contributed by atoms with Crippen LogP contribution in [-0.4, -0.2) is 29.3 Å². The zero-order valence-corrected chi connectivity index (χ0v) is 20.6. The van der Waals surface area contributed by atoms with Crippen molar-refractivity contribution in [2.24, 2.45) is 5.92 Å². The largest absolute Gasteiger partial charge is 0.416 e. The lowest BCUT2D eigenvalue weighted by molar-refractivity contribution is 0.183. The molecule has 0 rings (SSSR count). The minimum absolute atomic E-state index is 0.118. The molecule has 0 heterocycles. The maximum absolute atomic E-state index is 6.66. The lowest BCUT2D eigenvalue weighted by Gasteiger charge is -2.34. The monoisotopic (exact) mass is 396 g/mol. The summed E-state index contributed by atoms with van der Waals surface area (Å²) in [5.74, 6) is 3.18. The van der Waals surface area contributed by atoms with Crippen molar-refractivity contribution in [1.29, 1.82) is 0 Å². The van der Waals surface area contributed by atoms with Crippen molar-refractivity contribution >= 4 is 16.6 Å². The van der Waals surface area contributed by atoms with Gasteiger partial charge in [0.05, 0.1) is 6.10 Å². The SMILES string of the molecule is C#CC[C@H](CC(=C)[C@@H](C)CO[Si](CC)(CC)CC)O[Si](CC)(CC)CC. The molecule has 0 amide bonds. The van der Waals surface area contributed by atoms with Crippen LogP contribution >= 0.6 is 0 Å². The van der Waals surface area contributed by atoms with Gasteiger partial charge in [0.1, 0.15) is 0 Å². The quantitative estimate of drug-likeness (QED) is 0.168. The van der Waals surface area contributed by atoms with Crippen LogP contribution in [0, 0.1) is 18.3 Å². The molecule has 0 aliphatic heterocycles. The summed E-state index contributed by atoms with van der Waals surface area (Å²) in [6.07, 6.45) is 7.29. The topological polar surface area (TPSA) is 18.5 Å². The maximum Gasteiger partial charge on any atom is 0.192 e. The normalized spacial score (nSPS) is 14.7. The van der Waals surface area contributed by atoms with E-state index in [1.165, 1.54) is 23.7 Å². The molecule has 0 radical (unpaired) electrons. The molecule has 0 bridgehead atoms. The molecule has 0 spiro atoms. The molecule has 2 nitrogen and oxygen atoms in total. The van der Waals surface area contributed by atoms with Gasteiger partial charge < -0.3 is 8.85 Å². The molecule has 0 unspecified atom stereocenters. The molecule has 0 aromatic heterocycles. The summed E-state index contributed by atoms with van der Waals surface area (Å²) in [7, 11) is -3.18. The molecule has 0 fully saturated rings. The summed E-state index contributed by atoms with van der Waals surface area (Å²) < 4.78 is 13.1. The van der Waals surface area contributed by atoms with Crippen LogP contribution in [0.3, 0.4) is 0 Å². The minimum Gasteiger partial charge on any atom is -0.416 e. The van der Waals surface area contributed by atoms with Gasteiger partial charge in [0.15, 0.2) is 16.6 Å². The fourth-order valence-electron chi connectivity index (χ4n) is 3.61. The highest BCUT2D eigenvalue weighted by atomic mass is 28.4. The third kappa shape index (κ3) is 7.72. The summed E-state index contributed by atoms with van der Waals surface area (Å²) >= 11 is 0. The van der Waals surface area contributed by atoms with E-state index < -0.39 is 16.6 Å². The molecule has 26 heavy (non-hydrogen) atoms. The van der Waals surface area contributed by atoms with Crippen molar-refractivity contribution in [3.05, 3.63) is 12.2 Å². The Labute approximate surface area is 166 Å². The first-order chi connectivity index (χ1) is 12.3. The Hall–Kier alpha value is -0.346. The second-order valence-corrected chi connectivity index (χ2v) is 17.2. The summed E-state index contributed by atoms with van der Waals surface area (Å²) in [6, 6.07) is 7.05. The molecule has 2 atom stereocenters. The number of terminal acetylenes is 1. The molecule has 0 saturated carbocycles. The molecule has 4 heteroatoms. The molecule has 152 valence electrons. The average molecular weight is 397 g/mol. The number of rotatable bonds is 15. The van der Waals surface area contributed by atoms with E-state index >= 15 is 0 Å². The third-order valence-electron chi connectivity index (χ3n) is 6.45. The summed E-state index contributed by atoms with van der Waals surface area (Å²) in [6.45, 7) is 21.0. The Kier molecular flexibility index (Phi) is 12.8. The van der Waals surface area contributed by atoms with Crippen LogP contribution in [0.5, 0.6) is 0 Å². The van der Waals surface area contributed by atoms with E-state index in [1.54, 1.807) is 0 Å². The van der Waals surface area contributed by atoms with E-state index in [4.69, 9.17) is 15.3 Å². The van der Waals surface area contributed by atoms with Gasteiger partial charge in [-0.25, -0.2) is 0 Å². The third-order valence-corrected chi connectivity index (χ3v) is 15.8. The van der Waals surface area contributed by atoms with E-state index in [0.717, 1.165) is 31.2 Å². The van der Waals surface area contributed by atoms with Gasteiger partial charge in [-0.05, 0) is 48.6 Å². The van der Waals surface area contributed by atoms with Gasteiger partial charge in [-0.1, -0.05) is 60.6 Å². The Morgan fingerprint density at radius 3 is 1.77 bits per heavy atom. The molecule has 0 aromatic carbocycles. The van der Waals surface area contributed by atoms with Gasteiger partial charge in [0, 0.05) is 13.0 Å². The molecular weight excluding hydrogens is 352 g/mol. The molecule has 0 aromatic rings. The summed E-state index contributed by atoms with van der Waals surface area (Å²) in [5, 5.41) is 0. The molecule has 0 aliphatic carbocycles. The number of hydrogen-bond donors (Lipinski definition) is 0. The van der Waals surface area contributed by atoms with E-state index in [1.807, 2.05) is 0 Å². The second-order valence-electron chi connectivity index (χ2n) is 7.71. The number of hydrogen-bond acceptors (Lipinski definition) is 2.